The maximum Gasteiger partial charge on any atom is 0.263 e. The Labute approximate surface area is 183 Å². The molecule has 0 atom stereocenters. The van der Waals surface area contributed by atoms with Crippen molar-refractivity contribution >= 4 is 17.2 Å². The number of thiazole rings is 1. The molecule has 0 aliphatic carbocycles. The van der Waals surface area contributed by atoms with Crippen LogP contribution in [0.3, 0.4) is 0 Å². The van der Waals surface area contributed by atoms with Crippen molar-refractivity contribution in [1.82, 2.24) is 25.3 Å². The lowest BCUT2D eigenvalue weighted by Gasteiger charge is -2.04. The summed E-state index contributed by atoms with van der Waals surface area (Å²) in [6, 6.07) is 16.2. The van der Waals surface area contributed by atoms with Gasteiger partial charge in [-0.15, -0.1) is 16.4 Å². The lowest BCUT2D eigenvalue weighted by molar-refractivity contribution is 0.0956. The second kappa shape index (κ2) is 9.18. The van der Waals surface area contributed by atoms with Crippen molar-refractivity contribution in [3.63, 3.8) is 0 Å². The van der Waals surface area contributed by atoms with Crippen LogP contribution in [0.15, 0.2) is 54.6 Å². The molecule has 8 heteroatoms. The van der Waals surface area contributed by atoms with Crippen LogP contribution < -0.4 is 5.32 Å². The van der Waals surface area contributed by atoms with E-state index in [9.17, 15) is 9.18 Å². The van der Waals surface area contributed by atoms with E-state index in [0.717, 1.165) is 18.5 Å². The molecule has 0 aliphatic rings. The SMILES string of the molecule is Cc1nc(-c2nnn(-c3ccc(F)cc3)c2C)sc1C(=O)NCCCc1ccccc1. The van der Waals surface area contributed by atoms with Crippen molar-refractivity contribution in [2.75, 3.05) is 6.54 Å². The summed E-state index contributed by atoms with van der Waals surface area (Å²) in [4.78, 5) is 17.8. The first-order chi connectivity index (χ1) is 15.0. The minimum Gasteiger partial charge on any atom is -0.351 e. The number of nitrogens with zero attached hydrogens (tertiary/aromatic N) is 4. The Balaban J connectivity index is 1.44. The predicted octanol–water partition coefficient (Wildman–Crippen LogP) is 4.51. The smallest absolute Gasteiger partial charge is 0.263 e. The van der Waals surface area contributed by atoms with Crippen LogP contribution in [0.1, 0.15) is 33.0 Å². The molecule has 158 valence electrons. The third-order valence-electron chi connectivity index (χ3n) is 4.94. The van der Waals surface area contributed by atoms with Crippen LogP contribution in [-0.4, -0.2) is 32.4 Å². The fraction of sp³-hybridized carbons (Fsp3) is 0.217. The van der Waals surface area contributed by atoms with Gasteiger partial charge in [0.15, 0.2) is 0 Å². The molecule has 4 rings (SSSR count). The van der Waals surface area contributed by atoms with Crippen molar-refractivity contribution in [2.24, 2.45) is 0 Å². The molecule has 1 amide bonds. The quantitative estimate of drug-likeness (QED) is 0.434. The zero-order chi connectivity index (χ0) is 21.8. The van der Waals surface area contributed by atoms with E-state index in [-0.39, 0.29) is 11.7 Å². The number of halogens is 1. The van der Waals surface area contributed by atoms with E-state index in [1.54, 1.807) is 16.8 Å². The van der Waals surface area contributed by atoms with Crippen molar-refractivity contribution in [1.29, 1.82) is 0 Å². The molecular weight excluding hydrogens is 413 g/mol. The maximum atomic E-state index is 13.2. The highest BCUT2D eigenvalue weighted by Gasteiger charge is 2.20. The monoisotopic (exact) mass is 435 g/mol. The summed E-state index contributed by atoms with van der Waals surface area (Å²) in [5.41, 5.74) is 4.02. The molecule has 0 radical (unpaired) electrons. The Kier molecular flexibility index (Phi) is 6.18. The van der Waals surface area contributed by atoms with Crippen LogP contribution in [0, 0.1) is 19.7 Å². The Bertz CT molecular complexity index is 1180. The topological polar surface area (TPSA) is 72.7 Å². The van der Waals surface area contributed by atoms with Crippen LogP contribution in [0.2, 0.25) is 0 Å². The van der Waals surface area contributed by atoms with Crippen LogP contribution in [0.5, 0.6) is 0 Å². The molecule has 2 aromatic heterocycles. The number of carbonyl (C=O) groups is 1. The average Bonchev–Trinajstić information content (AvgIpc) is 3.35. The van der Waals surface area contributed by atoms with Gasteiger partial charge in [-0.3, -0.25) is 4.79 Å². The zero-order valence-electron chi connectivity index (χ0n) is 17.3. The standard InChI is InChI=1S/C23H22FN5OS/c1-15-21(22(30)25-14-6-9-17-7-4-3-5-8-17)31-23(26-15)20-16(2)29(28-27-20)19-12-10-18(24)11-13-19/h3-5,7-8,10-13H,6,9,14H2,1-2H3,(H,25,30). The maximum absolute atomic E-state index is 13.2. The van der Waals surface area contributed by atoms with Gasteiger partial charge in [0.2, 0.25) is 0 Å². The Morgan fingerprint density at radius 2 is 1.84 bits per heavy atom. The lowest BCUT2D eigenvalue weighted by atomic mass is 10.1. The molecule has 2 heterocycles. The van der Waals surface area contributed by atoms with E-state index in [2.05, 4.69) is 32.7 Å². The molecular formula is C23H22FN5OS. The van der Waals surface area contributed by atoms with Gasteiger partial charge in [-0.2, -0.15) is 0 Å². The van der Waals surface area contributed by atoms with E-state index in [1.165, 1.54) is 29.0 Å². The van der Waals surface area contributed by atoms with Crippen molar-refractivity contribution in [3.8, 4) is 16.4 Å². The molecule has 0 unspecified atom stereocenters. The number of carbonyl (C=O) groups excluding carboxylic acids is 1. The van der Waals surface area contributed by atoms with Gasteiger partial charge < -0.3 is 5.32 Å². The lowest BCUT2D eigenvalue weighted by Crippen LogP contribution is -2.24. The first kappa shape index (κ1) is 20.9. The van der Waals surface area contributed by atoms with Gasteiger partial charge in [0.1, 0.15) is 21.4 Å². The van der Waals surface area contributed by atoms with E-state index >= 15 is 0 Å². The normalized spacial score (nSPS) is 10.9. The summed E-state index contributed by atoms with van der Waals surface area (Å²) in [6.45, 7) is 4.29. The Morgan fingerprint density at radius 3 is 2.58 bits per heavy atom. The van der Waals surface area contributed by atoms with Crippen LogP contribution >= 0.6 is 11.3 Å². The summed E-state index contributed by atoms with van der Waals surface area (Å²) in [6.07, 6.45) is 1.78. The number of hydrogen-bond acceptors (Lipinski definition) is 5. The second-order valence-corrected chi connectivity index (χ2v) is 8.19. The molecule has 0 fully saturated rings. The Morgan fingerprint density at radius 1 is 1.10 bits per heavy atom. The van der Waals surface area contributed by atoms with Crippen molar-refractivity contribution in [2.45, 2.75) is 26.7 Å². The molecule has 0 saturated carbocycles. The summed E-state index contributed by atoms with van der Waals surface area (Å²) < 4.78 is 14.8. The third-order valence-corrected chi connectivity index (χ3v) is 6.10. The van der Waals surface area contributed by atoms with Gasteiger partial charge >= 0.3 is 0 Å². The van der Waals surface area contributed by atoms with Crippen molar-refractivity contribution in [3.05, 3.63) is 82.2 Å². The highest BCUT2D eigenvalue weighted by Crippen LogP contribution is 2.29. The summed E-state index contributed by atoms with van der Waals surface area (Å²) >= 11 is 1.30. The summed E-state index contributed by atoms with van der Waals surface area (Å²) in [7, 11) is 0. The molecule has 0 saturated heterocycles. The number of amides is 1. The van der Waals surface area contributed by atoms with E-state index in [1.807, 2.05) is 32.0 Å². The van der Waals surface area contributed by atoms with Gasteiger partial charge in [-0.1, -0.05) is 35.5 Å². The van der Waals surface area contributed by atoms with E-state index in [0.29, 0.717) is 33.5 Å². The molecule has 0 aliphatic heterocycles. The number of aromatic nitrogens is 4. The molecule has 0 spiro atoms. The summed E-state index contributed by atoms with van der Waals surface area (Å²) in [5.74, 6) is -0.436. The molecule has 6 nitrogen and oxygen atoms in total. The first-order valence-electron chi connectivity index (χ1n) is 10.0. The second-order valence-electron chi connectivity index (χ2n) is 7.19. The predicted molar refractivity (Wildman–Crippen MR) is 119 cm³/mol. The van der Waals surface area contributed by atoms with Crippen LogP contribution in [0.4, 0.5) is 4.39 Å². The highest BCUT2D eigenvalue weighted by atomic mass is 32.1. The number of rotatable bonds is 7. The van der Waals surface area contributed by atoms with Gasteiger partial charge in [0.05, 0.1) is 17.1 Å². The van der Waals surface area contributed by atoms with Gasteiger partial charge in [0.25, 0.3) is 5.91 Å². The molecule has 31 heavy (non-hydrogen) atoms. The summed E-state index contributed by atoms with van der Waals surface area (Å²) in [5, 5.41) is 12.0. The largest absolute Gasteiger partial charge is 0.351 e. The molecule has 1 N–H and O–H groups in total. The van der Waals surface area contributed by atoms with Crippen LogP contribution in [-0.2, 0) is 6.42 Å². The fourth-order valence-corrected chi connectivity index (χ4v) is 4.30. The van der Waals surface area contributed by atoms with Gasteiger partial charge in [-0.05, 0) is 56.5 Å². The Hall–Kier alpha value is -3.39. The number of hydrogen-bond donors (Lipinski definition) is 1. The van der Waals surface area contributed by atoms with Crippen molar-refractivity contribution < 1.29 is 9.18 Å². The van der Waals surface area contributed by atoms with Gasteiger partial charge in [0, 0.05) is 6.54 Å². The minimum atomic E-state index is -0.309. The minimum absolute atomic E-state index is 0.127. The average molecular weight is 436 g/mol. The molecule has 0 bridgehead atoms. The van der Waals surface area contributed by atoms with Gasteiger partial charge in [-0.25, -0.2) is 14.1 Å². The molecule has 2 aromatic carbocycles. The first-order valence-corrected chi connectivity index (χ1v) is 10.8. The number of aryl methyl sites for hydroxylation is 2. The highest BCUT2D eigenvalue weighted by molar-refractivity contribution is 7.17. The number of nitrogens with one attached hydrogen (secondary N) is 1. The van der Waals surface area contributed by atoms with E-state index < -0.39 is 0 Å². The molecule has 4 aromatic rings. The number of benzene rings is 2. The van der Waals surface area contributed by atoms with E-state index in [4.69, 9.17) is 0 Å². The van der Waals surface area contributed by atoms with Crippen LogP contribution in [0.25, 0.3) is 16.4 Å². The zero-order valence-corrected chi connectivity index (χ0v) is 18.1. The fourth-order valence-electron chi connectivity index (χ4n) is 3.28. The third kappa shape index (κ3) is 4.69.